The van der Waals surface area contributed by atoms with E-state index < -0.39 is 0 Å². The first-order valence-electron chi connectivity index (χ1n) is 9.98. The average molecular weight is 326 g/mol. The van der Waals surface area contributed by atoms with E-state index in [1.54, 1.807) is 0 Å². The molecule has 1 heterocycles. The first-order chi connectivity index (χ1) is 10.8. The highest BCUT2D eigenvalue weighted by atomic mass is 15.3. The molecule has 0 aromatic heterocycles. The molecule has 3 nitrogen and oxygen atoms in total. The van der Waals surface area contributed by atoms with E-state index in [1.807, 2.05) is 0 Å². The summed E-state index contributed by atoms with van der Waals surface area (Å²) in [6, 6.07) is 0. The van der Waals surface area contributed by atoms with E-state index in [-0.39, 0.29) is 0 Å². The normalized spacial score (nSPS) is 21.9. The highest BCUT2D eigenvalue weighted by molar-refractivity contribution is 4.85. The van der Waals surface area contributed by atoms with Gasteiger partial charge in [0.15, 0.2) is 0 Å². The van der Waals surface area contributed by atoms with Gasteiger partial charge >= 0.3 is 0 Å². The largest absolute Gasteiger partial charge is 0.301 e. The number of rotatable bonds is 7. The molecule has 0 aromatic carbocycles. The summed E-state index contributed by atoms with van der Waals surface area (Å²) in [6.45, 7) is 26.4. The second-order valence-corrected chi connectivity index (χ2v) is 8.65. The summed E-state index contributed by atoms with van der Waals surface area (Å²) in [4.78, 5) is 8.08. The molecule has 138 valence electrons. The molecule has 0 amide bonds. The maximum absolute atomic E-state index is 2.76. The van der Waals surface area contributed by atoms with Crippen LogP contribution in [0.4, 0.5) is 0 Å². The van der Waals surface area contributed by atoms with Crippen LogP contribution in [0.2, 0.25) is 0 Å². The molecule has 3 heteroatoms. The Morgan fingerprint density at radius 2 is 1.35 bits per heavy atom. The van der Waals surface area contributed by atoms with Crippen molar-refractivity contribution in [1.82, 2.24) is 14.7 Å². The van der Waals surface area contributed by atoms with Gasteiger partial charge in [0.1, 0.15) is 0 Å². The quantitative estimate of drug-likeness (QED) is 0.705. The summed E-state index contributed by atoms with van der Waals surface area (Å²) < 4.78 is 0. The molecule has 0 saturated carbocycles. The van der Waals surface area contributed by atoms with E-state index in [1.165, 1.54) is 65.2 Å². The van der Waals surface area contributed by atoms with Gasteiger partial charge in [-0.3, -0.25) is 4.90 Å². The summed E-state index contributed by atoms with van der Waals surface area (Å²) in [6.07, 6.45) is 2.59. The molecule has 1 aliphatic rings. The fraction of sp³-hybridized carbons (Fsp3) is 1.00. The third kappa shape index (κ3) is 7.53. The van der Waals surface area contributed by atoms with E-state index in [0.29, 0.717) is 5.54 Å². The minimum atomic E-state index is 0.308. The standard InChI is InChI=1S/C20H43N3/c1-8-19(5)16-20(6,7)23-14-12-21(9-2)10-11-22(13-15-23)17-18(3)4/h18-19H,8-17H2,1-7H3. The molecule has 0 radical (unpaired) electrons. The molecule has 0 bridgehead atoms. The molecule has 1 saturated heterocycles. The summed E-state index contributed by atoms with van der Waals surface area (Å²) in [5, 5.41) is 0. The Morgan fingerprint density at radius 1 is 0.826 bits per heavy atom. The molecular formula is C20H43N3. The van der Waals surface area contributed by atoms with Gasteiger partial charge in [-0.05, 0) is 38.6 Å². The summed E-state index contributed by atoms with van der Waals surface area (Å²) in [5.74, 6) is 1.57. The van der Waals surface area contributed by atoms with Crippen LogP contribution in [0.25, 0.3) is 0 Å². The predicted octanol–water partition coefficient (Wildman–Crippen LogP) is 3.80. The molecule has 1 unspecified atom stereocenters. The van der Waals surface area contributed by atoms with Crippen molar-refractivity contribution in [3.63, 3.8) is 0 Å². The lowest BCUT2D eigenvalue weighted by molar-refractivity contribution is 0.0801. The Kier molecular flexibility index (Phi) is 9.10. The third-order valence-electron chi connectivity index (χ3n) is 5.58. The van der Waals surface area contributed by atoms with Crippen molar-refractivity contribution in [2.24, 2.45) is 11.8 Å². The zero-order valence-corrected chi connectivity index (χ0v) is 17.1. The molecule has 23 heavy (non-hydrogen) atoms. The van der Waals surface area contributed by atoms with Gasteiger partial charge in [0.05, 0.1) is 0 Å². The summed E-state index contributed by atoms with van der Waals surface area (Å²) in [5.41, 5.74) is 0.308. The van der Waals surface area contributed by atoms with Crippen LogP contribution in [0.5, 0.6) is 0 Å². The monoisotopic (exact) mass is 325 g/mol. The lowest BCUT2D eigenvalue weighted by atomic mass is 9.88. The Labute approximate surface area is 146 Å². The average Bonchev–Trinajstić information content (AvgIpc) is 2.57. The van der Waals surface area contributed by atoms with Crippen molar-refractivity contribution in [1.29, 1.82) is 0 Å². The molecule has 1 rings (SSSR count). The first-order valence-corrected chi connectivity index (χ1v) is 9.98. The van der Waals surface area contributed by atoms with Gasteiger partial charge in [0.2, 0.25) is 0 Å². The van der Waals surface area contributed by atoms with E-state index in [4.69, 9.17) is 0 Å². The van der Waals surface area contributed by atoms with E-state index in [2.05, 4.69) is 63.2 Å². The second-order valence-electron chi connectivity index (χ2n) is 8.65. The van der Waals surface area contributed by atoms with Gasteiger partial charge in [-0.25, -0.2) is 0 Å². The minimum absolute atomic E-state index is 0.308. The number of hydrogen-bond donors (Lipinski definition) is 0. The molecule has 1 fully saturated rings. The topological polar surface area (TPSA) is 9.72 Å². The molecule has 1 aliphatic heterocycles. The van der Waals surface area contributed by atoms with E-state index in [0.717, 1.165) is 11.8 Å². The summed E-state index contributed by atoms with van der Waals surface area (Å²) >= 11 is 0. The van der Waals surface area contributed by atoms with Crippen LogP contribution in [0.1, 0.15) is 61.3 Å². The van der Waals surface area contributed by atoms with Crippen molar-refractivity contribution in [2.75, 3.05) is 52.4 Å². The van der Waals surface area contributed by atoms with Crippen molar-refractivity contribution in [3.8, 4) is 0 Å². The Hall–Kier alpha value is -0.120. The van der Waals surface area contributed by atoms with Crippen molar-refractivity contribution >= 4 is 0 Å². The third-order valence-corrected chi connectivity index (χ3v) is 5.58. The van der Waals surface area contributed by atoms with Gasteiger partial charge in [0, 0.05) is 51.4 Å². The minimum Gasteiger partial charge on any atom is -0.301 e. The van der Waals surface area contributed by atoms with Crippen LogP contribution < -0.4 is 0 Å². The first kappa shape index (κ1) is 20.9. The molecule has 0 N–H and O–H groups in total. The fourth-order valence-electron chi connectivity index (χ4n) is 3.89. The molecule has 0 aromatic rings. The van der Waals surface area contributed by atoms with Gasteiger partial charge in [-0.2, -0.15) is 0 Å². The van der Waals surface area contributed by atoms with Gasteiger partial charge in [0.25, 0.3) is 0 Å². The number of nitrogens with zero attached hydrogens (tertiary/aromatic N) is 3. The maximum Gasteiger partial charge on any atom is 0.0156 e. The number of likely N-dealkylation sites (N-methyl/N-ethyl adjacent to an activating group) is 1. The Balaban J connectivity index is 2.77. The van der Waals surface area contributed by atoms with Crippen LogP contribution in [-0.4, -0.2) is 72.6 Å². The number of hydrogen-bond acceptors (Lipinski definition) is 3. The molecular weight excluding hydrogens is 282 g/mol. The van der Waals surface area contributed by atoms with Crippen LogP contribution >= 0.6 is 0 Å². The maximum atomic E-state index is 2.76. The predicted molar refractivity (Wildman–Crippen MR) is 103 cm³/mol. The molecule has 0 aliphatic carbocycles. The van der Waals surface area contributed by atoms with Crippen molar-refractivity contribution in [2.45, 2.75) is 66.8 Å². The highest BCUT2D eigenvalue weighted by Gasteiger charge is 2.29. The smallest absolute Gasteiger partial charge is 0.0156 e. The van der Waals surface area contributed by atoms with Gasteiger partial charge < -0.3 is 9.80 Å². The lowest BCUT2D eigenvalue weighted by Crippen LogP contribution is -2.49. The van der Waals surface area contributed by atoms with Crippen LogP contribution in [0, 0.1) is 11.8 Å². The van der Waals surface area contributed by atoms with E-state index >= 15 is 0 Å². The van der Waals surface area contributed by atoms with Crippen LogP contribution in [0.3, 0.4) is 0 Å². The lowest BCUT2D eigenvalue weighted by Gasteiger charge is -2.41. The molecule has 0 spiro atoms. The Bertz CT molecular complexity index is 314. The van der Waals surface area contributed by atoms with Crippen LogP contribution in [-0.2, 0) is 0 Å². The SMILES string of the molecule is CCC(C)CC(C)(C)N1CCN(CC)CCN(CC(C)C)CC1. The van der Waals surface area contributed by atoms with Crippen molar-refractivity contribution < 1.29 is 0 Å². The highest BCUT2D eigenvalue weighted by Crippen LogP contribution is 2.25. The zero-order valence-electron chi connectivity index (χ0n) is 17.1. The van der Waals surface area contributed by atoms with E-state index in [9.17, 15) is 0 Å². The second kappa shape index (κ2) is 10.0. The zero-order chi connectivity index (χ0) is 17.5. The fourth-order valence-corrected chi connectivity index (χ4v) is 3.89. The van der Waals surface area contributed by atoms with Crippen molar-refractivity contribution in [3.05, 3.63) is 0 Å². The van der Waals surface area contributed by atoms with Crippen LogP contribution in [0.15, 0.2) is 0 Å². The van der Waals surface area contributed by atoms with Gasteiger partial charge in [-0.1, -0.05) is 41.0 Å². The van der Waals surface area contributed by atoms with Gasteiger partial charge in [-0.15, -0.1) is 0 Å². The molecule has 1 atom stereocenters. The summed E-state index contributed by atoms with van der Waals surface area (Å²) in [7, 11) is 0. The Morgan fingerprint density at radius 3 is 1.87 bits per heavy atom.